The summed E-state index contributed by atoms with van der Waals surface area (Å²) in [5.41, 5.74) is 0.521. The van der Waals surface area contributed by atoms with Crippen molar-refractivity contribution < 1.29 is 19.6 Å². The van der Waals surface area contributed by atoms with Crippen molar-refractivity contribution >= 4 is 11.8 Å². The Hall–Kier alpha value is -2.11. The molecule has 0 radical (unpaired) electrons. The fraction of sp³-hybridized carbons (Fsp3) is 0.364. The quantitative estimate of drug-likeness (QED) is 0.344. The highest BCUT2D eigenvalue weighted by molar-refractivity contribution is 5.61. The number of carboxylic acid groups (broad SMARTS) is 1. The second-order valence-electron chi connectivity index (χ2n) is 3.96. The molecule has 0 N–H and O–H groups in total. The third kappa shape index (κ3) is 2.35. The third-order valence-electron chi connectivity index (χ3n) is 2.94. The van der Waals surface area contributed by atoms with E-state index in [1.54, 1.807) is 0 Å². The molecular formula is C11H10NO5-. The largest absolute Gasteiger partial charge is 0.514 e. The number of non-ortho nitro benzene ring substituents is 1. The van der Waals surface area contributed by atoms with Crippen molar-refractivity contribution in [1.29, 1.82) is 0 Å². The molecular weight excluding hydrogens is 226 g/mol. The molecule has 0 bridgehead atoms. The van der Waals surface area contributed by atoms with Crippen LogP contribution in [-0.4, -0.2) is 11.1 Å². The first-order chi connectivity index (χ1) is 8.08. The molecule has 1 fully saturated rings. The van der Waals surface area contributed by atoms with Crippen LogP contribution in [0.5, 0.6) is 5.75 Å². The highest BCUT2D eigenvalue weighted by Crippen LogP contribution is 2.42. The number of benzene rings is 1. The molecule has 0 aromatic heterocycles. The molecule has 6 heteroatoms. The van der Waals surface area contributed by atoms with Gasteiger partial charge in [0.1, 0.15) is 0 Å². The molecule has 1 aromatic carbocycles. The van der Waals surface area contributed by atoms with Gasteiger partial charge in [0.25, 0.3) is 11.8 Å². The number of nitro benzene ring substituents is 1. The second-order valence-corrected chi connectivity index (χ2v) is 3.96. The topological polar surface area (TPSA) is 92.5 Å². The Kier molecular flexibility index (Phi) is 2.95. The summed E-state index contributed by atoms with van der Waals surface area (Å²) in [6, 6.07) is 3.91. The average molecular weight is 236 g/mol. The van der Waals surface area contributed by atoms with Crippen LogP contribution in [0.4, 0.5) is 10.5 Å². The van der Waals surface area contributed by atoms with Gasteiger partial charge in [-0.15, -0.1) is 0 Å². The van der Waals surface area contributed by atoms with Crippen LogP contribution in [-0.2, 0) is 0 Å². The Balaban J connectivity index is 2.36. The lowest BCUT2D eigenvalue weighted by atomic mass is 9.79. The van der Waals surface area contributed by atoms with E-state index < -0.39 is 11.1 Å². The molecule has 6 nitrogen and oxygen atoms in total. The van der Waals surface area contributed by atoms with Crippen molar-refractivity contribution in [3.63, 3.8) is 0 Å². The monoisotopic (exact) mass is 236 g/mol. The lowest BCUT2D eigenvalue weighted by Crippen LogP contribution is -2.27. The molecule has 0 aliphatic heterocycles. The molecule has 0 unspecified atom stereocenters. The van der Waals surface area contributed by atoms with Crippen LogP contribution in [0.3, 0.4) is 0 Å². The van der Waals surface area contributed by atoms with E-state index in [1.807, 2.05) is 0 Å². The highest BCUT2D eigenvalue weighted by atomic mass is 16.7. The maximum atomic E-state index is 10.7. The highest BCUT2D eigenvalue weighted by Gasteiger charge is 2.24. The van der Waals surface area contributed by atoms with Crippen LogP contribution in [0.1, 0.15) is 30.7 Å². The normalized spacial score (nSPS) is 15.1. The van der Waals surface area contributed by atoms with E-state index in [0.717, 1.165) is 19.3 Å². The summed E-state index contributed by atoms with van der Waals surface area (Å²) in [5.74, 6) is 0.282. The second kappa shape index (κ2) is 4.40. The molecule has 2 rings (SSSR count). The Morgan fingerprint density at radius 1 is 1.41 bits per heavy atom. The molecule has 90 valence electrons. The molecule has 1 aliphatic carbocycles. The number of hydrogen-bond donors (Lipinski definition) is 0. The predicted octanol–water partition coefficient (Wildman–Crippen LogP) is 1.58. The standard InChI is InChI=1S/C11H11NO5/c13-11(14)17-10-5-4-8(12(15)16)6-9(10)7-2-1-3-7/h4-7H,1-3H2,(H,13,14)/p-1. The summed E-state index contributed by atoms with van der Waals surface area (Å²) in [4.78, 5) is 20.5. The zero-order valence-electron chi connectivity index (χ0n) is 8.92. The zero-order chi connectivity index (χ0) is 12.4. The number of ether oxygens (including phenoxy) is 1. The van der Waals surface area contributed by atoms with Crippen molar-refractivity contribution in [2.45, 2.75) is 25.2 Å². The fourth-order valence-corrected chi connectivity index (χ4v) is 1.87. The van der Waals surface area contributed by atoms with Crippen LogP contribution >= 0.6 is 0 Å². The van der Waals surface area contributed by atoms with Gasteiger partial charge in [-0.1, -0.05) is 6.42 Å². The number of carbonyl (C=O) groups is 1. The van der Waals surface area contributed by atoms with E-state index in [2.05, 4.69) is 4.74 Å². The minimum Gasteiger partial charge on any atom is -0.514 e. The molecule has 0 spiro atoms. The van der Waals surface area contributed by atoms with E-state index in [-0.39, 0.29) is 17.4 Å². The van der Waals surface area contributed by atoms with Crippen molar-refractivity contribution in [2.75, 3.05) is 0 Å². The van der Waals surface area contributed by atoms with Gasteiger partial charge in [0.15, 0.2) is 0 Å². The molecule has 17 heavy (non-hydrogen) atoms. The van der Waals surface area contributed by atoms with Gasteiger partial charge in [0, 0.05) is 12.1 Å². The van der Waals surface area contributed by atoms with Gasteiger partial charge in [0.2, 0.25) is 0 Å². The van der Waals surface area contributed by atoms with Crippen LogP contribution in [0, 0.1) is 10.1 Å². The van der Waals surface area contributed by atoms with E-state index >= 15 is 0 Å². The molecule has 0 amide bonds. The molecule has 0 atom stereocenters. The molecule has 1 saturated carbocycles. The lowest BCUT2D eigenvalue weighted by Gasteiger charge is -2.28. The van der Waals surface area contributed by atoms with Gasteiger partial charge in [0.05, 0.1) is 10.7 Å². The van der Waals surface area contributed by atoms with E-state index in [9.17, 15) is 20.0 Å². The summed E-state index contributed by atoms with van der Waals surface area (Å²) >= 11 is 0. The minimum absolute atomic E-state index is 0.0578. The number of nitro groups is 1. The predicted molar refractivity (Wildman–Crippen MR) is 55.7 cm³/mol. The van der Waals surface area contributed by atoms with Gasteiger partial charge < -0.3 is 14.6 Å². The smallest absolute Gasteiger partial charge is 0.269 e. The van der Waals surface area contributed by atoms with Gasteiger partial charge in [-0.2, -0.15) is 0 Å². The fourth-order valence-electron chi connectivity index (χ4n) is 1.87. The summed E-state index contributed by atoms with van der Waals surface area (Å²) in [5, 5.41) is 21.1. The SMILES string of the molecule is O=C([O-])Oc1ccc([N+](=O)[O-])cc1C1CCC1. The van der Waals surface area contributed by atoms with E-state index in [4.69, 9.17) is 0 Å². The molecule has 0 heterocycles. The number of nitrogens with zero attached hydrogens (tertiary/aromatic N) is 1. The third-order valence-corrected chi connectivity index (χ3v) is 2.94. The first-order valence-electron chi connectivity index (χ1n) is 5.25. The van der Waals surface area contributed by atoms with Gasteiger partial charge in [-0.3, -0.25) is 10.1 Å². The first-order valence-corrected chi connectivity index (χ1v) is 5.25. The van der Waals surface area contributed by atoms with Gasteiger partial charge in [-0.05, 0) is 30.4 Å². The Labute approximate surface area is 97.0 Å². The summed E-state index contributed by atoms with van der Waals surface area (Å²) < 4.78 is 4.52. The number of hydrogen-bond acceptors (Lipinski definition) is 5. The summed E-state index contributed by atoms with van der Waals surface area (Å²) in [6.07, 6.45) is 1.17. The van der Waals surface area contributed by atoms with E-state index in [0.29, 0.717) is 5.56 Å². The molecule has 0 saturated heterocycles. The van der Waals surface area contributed by atoms with Crippen molar-refractivity contribution in [3.05, 3.63) is 33.9 Å². The van der Waals surface area contributed by atoms with Crippen molar-refractivity contribution in [1.82, 2.24) is 0 Å². The number of carbonyl (C=O) groups excluding carboxylic acids is 1. The lowest BCUT2D eigenvalue weighted by molar-refractivity contribution is -0.385. The minimum atomic E-state index is -1.65. The van der Waals surface area contributed by atoms with E-state index in [1.165, 1.54) is 18.2 Å². The van der Waals surface area contributed by atoms with Crippen LogP contribution in [0.15, 0.2) is 18.2 Å². The van der Waals surface area contributed by atoms with Crippen LogP contribution < -0.4 is 9.84 Å². The maximum absolute atomic E-state index is 10.7. The van der Waals surface area contributed by atoms with Crippen LogP contribution in [0.25, 0.3) is 0 Å². The zero-order valence-corrected chi connectivity index (χ0v) is 8.92. The Morgan fingerprint density at radius 2 is 2.12 bits per heavy atom. The Morgan fingerprint density at radius 3 is 2.59 bits per heavy atom. The van der Waals surface area contributed by atoms with Gasteiger partial charge in [-0.25, -0.2) is 0 Å². The van der Waals surface area contributed by atoms with Gasteiger partial charge >= 0.3 is 0 Å². The average Bonchev–Trinajstić information content (AvgIpc) is 2.16. The van der Waals surface area contributed by atoms with Crippen LogP contribution in [0.2, 0.25) is 0 Å². The summed E-state index contributed by atoms with van der Waals surface area (Å²) in [6.45, 7) is 0. The number of rotatable bonds is 3. The molecule has 1 aliphatic rings. The molecule has 1 aromatic rings. The van der Waals surface area contributed by atoms with Crippen molar-refractivity contribution in [3.8, 4) is 5.75 Å². The maximum Gasteiger partial charge on any atom is 0.269 e. The Bertz CT molecular complexity index is 467. The summed E-state index contributed by atoms with van der Waals surface area (Å²) in [7, 11) is 0. The first kappa shape index (κ1) is 11.4. The van der Waals surface area contributed by atoms with Crippen molar-refractivity contribution in [2.24, 2.45) is 0 Å².